The summed E-state index contributed by atoms with van der Waals surface area (Å²) in [4.78, 5) is 28.9. The highest BCUT2D eigenvalue weighted by molar-refractivity contribution is 6.07. The summed E-state index contributed by atoms with van der Waals surface area (Å²) >= 11 is 0. The third-order valence-corrected chi connectivity index (χ3v) is 4.75. The molecule has 1 aliphatic rings. The van der Waals surface area contributed by atoms with Crippen molar-refractivity contribution in [2.75, 3.05) is 32.7 Å². The molecule has 26 heavy (non-hydrogen) atoms. The van der Waals surface area contributed by atoms with Gasteiger partial charge in [-0.3, -0.25) is 4.79 Å². The van der Waals surface area contributed by atoms with Crippen LogP contribution in [0.5, 0.6) is 0 Å². The van der Waals surface area contributed by atoms with Crippen molar-refractivity contribution >= 4 is 22.8 Å². The lowest BCUT2D eigenvalue weighted by Gasteiger charge is -2.35. The topological polar surface area (TPSA) is 57.6 Å². The van der Waals surface area contributed by atoms with Crippen molar-refractivity contribution in [2.24, 2.45) is 12.5 Å². The largest absolute Gasteiger partial charge is 0.350 e. The molecule has 6 heteroatoms. The number of aromatic nitrogens is 1. The van der Waals surface area contributed by atoms with Gasteiger partial charge in [-0.1, -0.05) is 39.0 Å². The number of urea groups is 1. The van der Waals surface area contributed by atoms with Gasteiger partial charge in [-0.2, -0.15) is 0 Å². The van der Waals surface area contributed by atoms with E-state index in [2.05, 4.69) is 26.1 Å². The number of hydrogen-bond donors (Lipinski definition) is 1. The minimum absolute atomic E-state index is 0.0385. The number of carbonyl (C=O) groups is 2. The second-order valence-corrected chi connectivity index (χ2v) is 8.17. The first-order valence-corrected chi connectivity index (χ1v) is 9.12. The fourth-order valence-electron chi connectivity index (χ4n) is 3.25. The van der Waals surface area contributed by atoms with Gasteiger partial charge in [-0.25, -0.2) is 4.79 Å². The minimum atomic E-state index is -0.0443. The highest BCUT2D eigenvalue weighted by Gasteiger charge is 2.27. The molecule has 0 aliphatic carbocycles. The Kier molecular flexibility index (Phi) is 4.94. The molecule has 2 heterocycles. The van der Waals surface area contributed by atoms with E-state index in [1.807, 2.05) is 47.0 Å². The molecule has 1 N–H and O–H groups in total. The van der Waals surface area contributed by atoms with E-state index in [1.165, 1.54) is 0 Å². The fourth-order valence-corrected chi connectivity index (χ4v) is 3.25. The maximum Gasteiger partial charge on any atom is 0.317 e. The molecular formula is C20H28N4O2. The lowest BCUT2D eigenvalue weighted by atomic mass is 9.97. The summed E-state index contributed by atoms with van der Waals surface area (Å²) in [7, 11) is 1.95. The number of piperazine rings is 1. The fraction of sp³-hybridized carbons (Fsp3) is 0.500. The van der Waals surface area contributed by atoms with E-state index < -0.39 is 0 Å². The summed E-state index contributed by atoms with van der Waals surface area (Å²) in [6.07, 6.45) is 1.90. The van der Waals surface area contributed by atoms with Crippen LogP contribution in [0, 0.1) is 5.41 Å². The van der Waals surface area contributed by atoms with Crippen LogP contribution in [0.25, 0.3) is 10.9 Å². The summed E-state index contributed by atoms with van der Waals surface area (Å²) in [5.74, 6) is 0.0385. The number of fused-ring (bicyclic) bond motifs is 1. The minimum Gasteiger partial charge on any atom is -0.350 e. The number of carbonyl (C=O) groups excluding carboxylic acids is 2. The molecule has 1 aromatic heterocycles. The summed E-state index contributed by atoms with van der Waals surface area (Å²) in [5.41, 5.74) is 1.84. The molecule has 1 fully saturated rings. The van der Waals surface area contributed by atoms with Crippen molar-refractivity contribution in [3.8, 4) is 0 Å². The number of nitrogens with zero attached hydrogens (tertiary/aromatic N) is 3. The van der Waals surface area contributed by atoms with Crippen molar-refractivity contribution in [3.63, 3.8) is 0 Å². The number of hydrogen-bond acceptors (Lipinski definition) is 2. The molecule has 6 nitrogen and oxygen atoms in total. The van der Waals surface area contributed by atoms with Crippen LogP contribution in [-0.2, 0) is 7.05 Å². The van der Waals surface area contributed by atoms with Crippen molar-refractivity contribution in [1.29, 1.82) is 0 Å². The predicted molar refractivity (Wildman–Crippen MR) is 103 cm³/mol. The average molecular weight is 356 g/mol. The molecule has 0 bridgehead atoms. The van der Waals surface area contributed by atoms with Crippen molar-refractivity contribution < 1.29 is 9.59 Å². The zero-order valence-electron chi connectivity index (χ0n) is 16.1. The third kappa shape index (κ3) is 3.84. The molecule has 3 rings (SSSR count). The van der Waals surface area contributed by atoms with Crippen LogP contribution in [0.2, 0.25) is 0 Å². The second kappa shape index (κ2) is 7.02. The first-order valence-electron chi connectivity index (χ1n) is 9.12. The quantitative estimate of drug-likeness (QED) is 0.899. The molecule has 0 spiro atoms. The Hall–Kier alpha value is -2.50. The Labute approximate surface area is 154 Å². The van der Waals surface area contributed by atoms with E-state index in [4.69, 9.17) is 0 Å². The Morgan fingerprint density at radius 1 is 1.04 bits per heavy atom. The average Bonchev–Trinajstić information content (AvgIpc) is 2.96. The number of benzene rings is 1. The van der Waals surface area contributed by atoms with E-state index in [0.717, 1.165) is 16.5 Å². The lowest BCUT2D eigenvalue weighted by Crippen LogP contribution is -2.53. The Balaban J connectivity index is 1.62. The van der Waals surface area contributed by atoms with Crippen molar-refractivity contribution in [2.45, 2.75) is 20.8 Å². The molecule has 0 radical (unpaired) electrons. The second-order valence-electron chi connectivity index (χ2n) is 8.17. The van der Waals surface area contributed by atoms with Gasteiger partial charge in [-0.15, -0.1) is 0 Å². The molecule has 0 saturated carbocycles. The zero-order valence-corrected chi connectivity index (χ0v) is 16.1. The summed E-state index contributed by atoms with van der Waals surface area (Å²) in [6, 6.07) is 7.89. The van der Waals surface area contributed by atoms with Crippen LogP contribution < -0.4 is 5.32 Å². The Morgan fingerprint density at radius 2 is 1.65 bits per heavy atom. The highest BCUT2D eigenvalue weighted by Crippen LogP contribution is 2.22. The first kappa shape index (κ1) is 18.3. The number of para-hydroxylation sites is 1. The van der Waals surface area contributed by atoms with E-state index in [9.17, 15) is 9.59 Å². The van der Waals surface area contributed by atoms with Gasteiger partial charge < -0.3 is 19.7 Å². The summed E-state index contributed by atoms with van der Waals surface area (Å²) in [6.45, 7) is 9.16. The molecule has 0 unspecified atom stereocenters. The van der Waals surface area contributed by atoms with E-state index >= 15 is 0 Å². The maximum absolute atomic E-state index is 13.0. The molecule has 1 saturated heterocycles. The monoisotopic (exact) mass is 356 g/mol. The molecule has 1 aromatic carbocycles. The summed E-state index contributed by atoms with van der Waals surface area (Å²) < 4.78 is 1.98. The Morgan fingerprint density at radius 3 is 2.31 bits per heavy atom. The Bertz CT molecular complexity index is 811. The van der Waals surface area contributed by atoms with Gasteiger partial charge in [0.05, 0.1) is 5.56 Å². The van der Waals surface area contributed by atoms with Gasteiger partial charge in [-0.05, 0) is 11.5 Å². The summed E-state index contributed by atoms with van der Waals surface area (Å²) in [5, 5.41) is 3.95. The van der Waals surface area contributed by atoms with Gasteiger partial charge in [0, 0.05) is 56.9 Å². The normalized spacial score (nSPS) is 15.4. The van der Waals surface area contributed by atoms with Crippen LogP contribution in [0.1, 0.15) is 31.1 Å². The van der Waals surface area contributed by atoms with Crippen LogP contribution in [-0.4, -0.2) is 59.0 Å². The van der Waals surface area contributed by atoms with Crippen LogP contribution >= 0.6 is 0 Å². The highest BCUT2D eigenvalue weighted by atomic mass is 16.2. The van der Waals surface area contributed by atoms with Crippen molar-refractivity contribution in [1.82, 2.24) is 19.7 Å². The molecule has 2 aromatic rings. The molecule has 140 valence electrons. The smallest absolute Gasteiger partial charge is 0.317 e. The number of aryl methyl sites for hydroxylation is 1. The SMILES string of the molecule is Cn1cc(C(=O)N2CCN(C(=O)NCC(C)(C)C)CC2)c2ccccc21. The first-order chi connectivity index (χ1) is 12.3. The number of amides is 3. The van der Waals surface area contributed by atoms with Crippen molar-refractivity contribution in [3.05, 3.63) is 36.0 Å². The van der Waals surface area contributed by atoms with Crippen LogP contribution in [0.3, 0.4) is 0 Å². The standard InChI is InChI=1S/C20H28N4O2/c1-20(2,3)14-21-19(26)24-11-9-23(10-12-24)18(25)16-13-22(4)17-8-6-5-7-15(16)17/h5-8,13H,9-12,14H2,1-4H3,(H,21,26). The number of rotatable bonds is 2. The molecule has 1 aliphatic heterocycles. The molecule has 0 atom stereocenters. The third-order valence-electron chi connectivity index (χ3n) is 4.75. The van der Waals surface area contributed by atoms with Gasteiger partial charge in [0.1, 0.15) is 0 Å². The van der Waals surface area contributed by atoms with E-state index in [-0.39, 0.29) is 17.4 Å². The van der Waals surface area contributed by atoms with Gasteiger partial charge >= 0.3 is 6.03 Å². The van der Waals surface area contributed by atoms with E-state index in [0.29, 0.717) is 32.7 Å². The molecule has 3 amide bonds. The lowest BCUT2D eigenvalue weighted by molar-refractivity contribution is 0.0666. The predicted octanol–water partition coefficient (Wildman–Crippen LogP) is 2.69. The van der Waals surface area contributed by atoms with Gasteiger partial charge in [0.2, 0.25) is 0 Å². The molecular weight excluding hydrogens is 328 g/mol. The van der Waals surface area contributed by atoms with Crippen LogP contribution in [0.4, 0.5) is 4.79 Å². The van der Waals surface area contributed by atoms with Gasteiger partial charge in [0.15, 0.2) is 0 Å². The maximum atomic E-state index is 13.0. The van der Waals surface area contributed by atoms with Crippen LogP contribution in [0.15, 0.2) is 30.5 Å². The van der Waals surface area contributed by atoms with E-state index in [1.54, 1.807) is 4.90 Å². The number of nitrogens with one attached hydrogen (secondary N) is 1. The zero-order chi connectivity index (χ0) is 18.9. The van der Waals surface area contributed by atoms with Gasteiger partial charge in [0.25, 0.3) is 5.91 Å².